The number of nitrogens with zero attached hydrogens (tertiary/aromatic N) is 3. The number of nitrogens with one attached hydrogen (secondary N) is 1. The summed E-state index contributed by atoms with van der Waals surface area (Å²) in [6, 6.07) is 11.3. The maximum Gasteiger partial charge on any atom is 0.283 e. The summed E-state index contributed by atoms with van der Waals surface area (Å²) < 4.78 is 11.9. The summed E-state index contributed by atoms with van der Waals surface area (Å²) in [5, 5.41) is 8.57. The lowest BCUT2D eigenvalue weighted by Crippen LogP contribution is -2.15. The molecule has 2 aromatic heterocycles. The highest BCUT2D eigenvalue weighted by atomic mass is 32.1. The van der Waals surface area contributed by atoms with Crippen LogP contribution in [0.2, 0.25) is 0 Å². The monoisotopic (exact) mass is 368 g/mol. The Hall–Kier alpha value is -3.13. The van der Waals surface area contributed by atoms with Crippen molar-refractivity contribution in [2.45, 2.75) is 6.92 Å². The minimum absolute atomic E-state index is 0.251. The van der Waals surface area contributed by atoms with Crippen LogP contribution < -0.4 is 20.3 Å². The number of anilines is 2. The zero-order valence-corrected chi connectivity index (χ0v) is 15.3. The molecule has 0 atom stereocenters. The average molecular weight is 368 g/mol. The highest BCUT2D eigenvalue weighted by Gasteiger charge is 2.14. The van der Waals surface area contributed by atoms with E-state index in [0.29, 0.717) is 32.5 Å². The standard InChI is InChI=1S/C18H16N4O3S/c1-10-4-6-11(7-5-10)19-17-21-22-16(23)12-8-14(24-2)15(25-3)9-13(12)20-18(22)26-17/h4-9H,1-3H3,(H,19,21). The quantitative estimate of drug-likeness (QED) is 0.595. The van der Waals surface area contributed by atoms with Gasteiger partial charge in [-0.1, -0.05) is 29.0 Å². The molecule has 2 aromatic carbocycles. The summed E-state index contributed by atoms with van der Waals surface area (Å²) in [4.78, 5) is 17.9. The topological polar surface area (TPSA) is 77.8 Å². The first-order valence-corrected chi connectivity index (χ1v) is 8.70. The van der Waals surface area contributed by atoms with Crippen molar-refractivity contribution in [1.29, 1.82) is 0 Å². The molecule has 0 aliphatic heterocycles. The van der Waals surface area contributed by atoms with E-state index in [2.05, 4.69) is 15.4 Å². The largest absolute Gasteiger partial charge is 0.493 e. The van der Waals surface area contributed by atoms with Crippen molar-refractivity contribution in [3.8, 4) is 11.5 Å². The highest BCUT2D eigenvalue weighted by Crippen LogP contribution is 2.31. The van der Waals surface area contributed by atoms with Crippen LogP contribution >= 0.6 is 11.3 Å². The van der Waals surface area contributed by atoms with Crippen molar-refractivity contribution in [2.75, 3.05) is 19.5 Å². The Labute approximate surface area is 152 Å². The summed E-state index contributed by atoms with van der Waals surface area (Å²) in [5.74, 6) is 1.01. The van der Waals surface area contributed by atoms with Crippen LogP contribution in [0, 0.1) is 6.92 Å². The van der Waals surface area contributed by atoms with Gasteiger partial charge >= 0.3 is 0 Å². The maximum absolute atomic E-state index is 12.8. The number of ether oxygens (including phenoxy) is 2. The van der Waals surface area contributed by atoms with E-state index in [9.17, 15) is 4.79 Å². The molecule has 8 heteroatoms. The number of aromatic nitrogens is 3. The Morgan fingerprint density at radius 3 is 2.46 bits per heavy atom. The molecule has 1 N–H and O–H groups in total. The number of rotatable bonds is 4. The van der Waals surface area contributed by atoms with Gasteiger partial charge < -0.3 is 14.8 Å². The Morgan fingerprint density at radius 2 is 1.77 bits per heavy atom. The Morgan fingerprint density at radius 1 is 1.08 bits per heavy atom. The fourth-order valence-corrected chi connectivity index (χ4v) is 3.46. The number of hydrogen-bond acceptors (Lipinski definition) is 7. The van der Waals surface area contributed by atoms with E-state index >= 15 is 0 Å². The average Bonchev–Trinajstić information content (AvgIpc) is 3.05. The van der Waals surface area contributed by atoms with Gasteiger partial charge in [-0.3, -0.25) is 4.79 Å². The van der Waals surface area contributed by atoms with Crippen molar-refractivity contribution in [1.82, 2.24) is 14.6 Å². The van der Waals surface area contributed by atoms with Gasteiger partial charge in [0, 0.05) is 11.8 Å². The molecule has 0 unspecified atom stereocenters. The Bertz CT molecular complexity index is 1170. The Balaban J connectivity index is 1.84. The third-order valence-corrected chi connectivity index (χ3v) is 4.83. The normalized spacial score (nSPS) is 11.0. The molecule has 0 saturated heterocycles. The molecule has 0 aliphatic rings. The van der Waals surface area contributed by atoms with Gasteiger partial charge in [-0.15, -0.1) is 5.10 Å². The van der Waals surface area contributed by atoms with Crippen LogP contribution in [0.25, 0.3) is 15.9 Å². The number of methoxy groups -OCH3 is 2. The van der Waals surface area contributed by atoms with Crippen LogP contribution in [0.5, 0.6) is 11.5 Å². The Kier molecular flexibility index (Phi) is 3.96. The first kappa shape index (κ1) is 16.3. The highest BCUT2D eigenvalue weighted by molar-refractivity contribution is 7.20. The van der Waals surface area contributed by atoms with Gasteiger partial charge in [-0.2, -0.15) is 4.52 Å². The van der Waals surface area contributed by atoms with Crippen LogP contribution in [0.4, 0.5) is 10.8 Å². The predicted molar refractivity (Wildman–Crippen MR) is 102 cm³/mol. The number of benzene rings is 2. The molecule has 7 nitrogen and oxygen atoms in total. The lowest BCUT2D eigenvalue weighted by atomic mass is 10.2. The summed E-state index contributed by atoms with van der Waals surface area (Å²) in [5.41, 5.74) is 2.36. The van der Waals surface area contributed by atoms with E-state index in [1.807, 2.05) is 31.2 Å². The zero-order chi connectivity index (χ0) is 18.3. The van der Waals surface area contributed by atoms with E-state index in [1.165, 1.54) is 28.5 Å². The minimum atomic E-state index is -0.251. The lowest BCUT2D eigenvalue weighted by molar-refractivity contribution is 0.355. The lowest BCUT2D eigenvalue weighted by Gasteiger charge is -2.08. The number of aryl methyl sites for hydroxylation is 1. The van der Waals surface area contributed by atoms with Crippen LogP contribution in [-0.2, 0) is 0 Å². The molecule has 0 spiro atoms. The maximum atomic E-state index is 12.8. The van der Waals surface area contributed by atoms with Crippen molar-refractivity contribution >= 4 is 38.0 Å². The van der Waals surface area contributed by atoms with Crippen molar-refractivity contribution < 1.29 is 9.47 Å². The first-order chi connectivity index (χ1) is 12.6. The molecule has 0 radical (unpaired) electrons. The smallest absolute Gasteiger partial charge is 0.283 e. The zero-order valence-electron chi connectivity index (χ0n) is 14.4. The summed E-state index contributed by atoms with van der Waals surface area (Å²) in [6.07, 6.45) is 0. The first-order valence-electron chi connectivity index (χ1n) is 7.88. The molecular weight excluding hydrogens is 352 g/mol. The van der Waals surface area contributed by atoms with Crippen molar-refractivity contribution in [3.63, 3.8) is 0 Å². The second kappa shape index (κ2) is 6.30. The molecule has 4 rings (SSSR count). The third kappa shape index (κ3) is 2.74. The van der Waals surface area contributed by atoms with E-state index in [0.717, 1.165) is 5.69 Å². The van der Waals surface area contributed by atoms with Gasteiger partial charge in [-0.05, 0) is 25.1 Å². The molecule has 0 aliphatic carbocycles. The summed E-state index contributed by atoms with van der Waals surface area (Å²) in [6.45, 7) is 2.03. The molecule has 26 heavy (non-hydrogen) atoms. The van der Waals surface area contributed by atoms with Gasteiger partial charge in [-0.25, -0.2) is 4.98 Å². The van der Waals surface area contributed by atoms with Gasteiger partial charge in [0.1, 0.15) is 0 Å². The minimum Gasteiger partial charge on any atom is -0.493 e. The van der Waals surface area contributed by atoms with Gasteiger partial charge in [0.15, 0.2) is 11.5 Å². The third-order valence-electron chi connectivity index (χ3n) is 4.00. The van der Waals surface area contributed by atoms with Crippen LogP contribution in [0.15, 0.2) is 41.2 Å². The second-order valence-electron chi connectivity index (χ2n) is 5.73. The van der Waals surface area contributed by atoms with Gasteiger partial charge in [0.05, 0.1) is 25.1 Å². The van der Waals surface area contributed by atoms with E-state index in [-0.39, 0.29) is 5.56 Å². The SMILES string of the molecule is COc1cc2nc3sc(Nc4ccc(C)cc4)nn3c(=O)c2cc1OC. The molecular formula is C18H16N4O3S. The molecule has 2 heterocycles. The fraction of sp³-hybridized carbons (Fsp3) is 0.167. The number of fused-ring (bicyclic) bond motifs is 2. The van der Waals surface area contributed by atoms with Crippen LogP contribution in [0.3, 0.4) is 0 Å². The molecule has 4 aromatic rings. The molecule has 0 bridgehead atoms. The van der Waals surface area contributed by atoms with Crippen LogP contribution in [-0.4, -0.2) is 28.8 Å². The predicted octanol–water partition coefficient (Wildman–Crippen LogP) is 3.37. The van der Waals surface area contributed by atoms with Crippen LogP contribution in [0.1, 0.15) is 5.56 Å². The molecule has 132 valence electrons. The fourth-order valence-electron chi connectivity index (χ4n) is 2.65. The van der Waals surface area contributed by atoms with E-state index in [4.69, 9.17) is 9.47 Å². The van der Waals surface area contributed by atoms with Crippen molar-refractivity contribution in [3.05, 3.63) is 52.3 Å². The summed E-state index contributed by atoms with van der Waals surface area (Å²) >= 11 is 1.31. The molecule has 0 amide bonds. The van der Waals surface area contributed by atoms with Gasteiger partial charge in [0.25, 0.3) is 5.56 Å². The van der Waals surface area contributed by atoms with E-state index in [1.54, 1.807) is 19.2 Å². The molecule has 0 saturated carbocycles. The van der Waals surface area contributed by atoms with Gasteiger partial charge in [0.2, 0.25) is 10.1 Å². The van der Waals surface area contributed by atoms with E-state index < -0.39 is 0 Å². The summed E-state index contributed by atoms with van der Waals surface area (Å²) in [7, 11) is 3.07. The molecule has 0 fully saturated rings. The van der Waals surface area contributed by atoms with Crippen molar-refractivity contribution in [2.24, 2.45) is 0 Å². The number of hydrogen-bond donors (Lipinski definition) is 1. The second-order valence-corrected chi connectivity index (χ2v) is 6.69.